The second-order valence-corrected chi connectivity index (χ2v) is 11.5. The van der Waals surface area contributed by atoms with Crippen molar-refractivity contribution in [2.75, 3.05) is 0 Å². The SMILES string of the molecule is N#Cc1ccc(-c2cc(C(F)(F)F)ccc2-n2c3ccccc3c3cc(C#N)ccc32)c(-n2c3ccccc3c3cc(C#N)ccc32)c1. The number of nitrogens with zero attached hydrogens (tertiary/aromatic N) is 5. The third-order valence-corrected chi connectivity index (χ3v) is 8.83. The molecule has 0 atom stereocenters. The highest BCUT2D eigenvalue weighted by Crippen LogP contribution is 2.43. The first kappa shape index (κ1) is 28.6. The van der Waals surface area contributed by atoms with Crippen LogP contribution in [0.4, 0.5) is 13.2 Å². The molecule has 0 radical (unpaired) electrons. The number of halogens is 3. The van der Waals surface area contributed by atoms with E-state index in [0.29, 0.717) is 39.2 Å². The van der Waals surface area contributed by atoms with Gasteiger partial charge < -0.3 is 9.13 Å². The van der Waals surface area contributed by atoms with Crippen molar-refractivity contribution in [1.29, 1.82) is 15.8 Å². The predicted molar refractivity (Wildman–Crippen MR) is 180 cm³/mol. The van der Waals surface area contributed by atoms with Crippen LogP contribution in [0.2, 0.25) is 0 Å². The molecule has 2 heterocycles. The van der Waals surface area contributed by atoms with E-state index in [2.05, 4.69) is 18.2 Å². The molecule has 0 spiro atoms. The first-order valence-corrected chi connectivity index (χ1v) is 14.9. The monoisotopic (exact) mass is 627 g/mol. The molecule has 226 valence electrons. The molecule has 0 unspecified atom stereocenters. The molecule has 0 aliphatic rings. The molecule has 0 saturated heterocycles. The second-order valence-electron chi connectivity index (χ2n) is 11.5. The Balaban J connectivity index is 1.52. The van der Waals surface area contributed by atoms with Crippen molar-refractivity contribution in [3.63, 3.8) is 0 Å². The van der Waals surface area contributed by atoms with Crippen molar-refractivity contribution in [3.05, 3.63) is 144 Å². The standard InChI is InChI=1S/C40H20F3N5/c41-40(42,43)27-12-16-38(47-34-7-3-1-5-28(34)31-17-24(21-44)10-14-36(31)47)33(20-27)30-13-9-26(23-46)19-39(30)48-35-8-4-2-6-29(35)32-18-25(22-45)11-15-37(32)48/h1-20H. The number of alkyl halides is 3. The molecule has 0 fully saturated rings. The normalized spacial score (nSPS) is 11.6. The number of hydrogen-bond acceptors (Lipinski definition) is 3. The van der Waals surface area contributed by atoms with Crippen LogP contribution >= 0.6 is 0 Å². The molecule has 0 aliphatic carbocycles. The number of hydrogen-bond donors (Lipinski definition) is 0. The van der Waals surface area contributed by atoms with Gasteiger partial charge in [0.15, 0.2) is 0 Å². The van der Waals surface area contributed by atoms with Gasteiger partial charge in [-0.25, -0.2) is 0 Å². The Morgan fingerprint density at radius 3 is 1.46 bits per heavy atom. The Bertz CT molecular complexity index is 2760. The van der Waals surface area contributed by atoms with Crippen LogP contribution in [0.5, 0.6) is 0 Å². The molecule has 0 N–H and O–H groups in total. The van der Waals surface area contributed by atoms with Gasteiger partial charge in [0.05, 0.1) is 73.9 Å². The fraction of sp³-hybridized carbons (Fsp3) is 0.0250. The molecule has 0 amide bonds. The third-order valence-electron chi connectivity index (χ3n) is 8.83. The summed E-state index contributed by atoms with van der Waals surface area (Å²) in [7, 11) is 0. The summed E-state index contributed by atoms with van der Waals surface area (Å²) < 4.78 is 47.1. The smallest absolute Gasteiger partial charge is 0.309 e. The fourth-order valence-electron chi connectivity index (χ4n) is 6.74. The topological polar surface area (TPSA) is 81.2 Å². The Kier molecular flexibility index (Phi) is 6.34. The van der Waals surface area contributed by atoms with Crippen LogP contribution in [0.3, 0.4) is 0 Å². The van der Waals surface area contributed by atoms with Crippen molar-refractivity contribution in [2.45, 2.75) is 6.18 Å². The van der Waals surface area contributed by atoms with E-state index in [1.165, 1.54) is 6.07 Å². The number of aromatic nitrogens is 2. The predicted octanol–water partition coefficient (Wildman–Crippen LogP) is 10.2. The maximum atomic E-state index is 14.4. The van der Waals surface area contributed by atoms with Gasteiger partial charge in [-0.1, -0.05) is 42.5 Å². The van der Waals surface area contributed by atoms with Gasteiger partial charge in [0.25, 0.3) is 0 Å². The van der Waals surface area contributed by atoms with Gasteiger partial charge in [0, 0.05) is 32.7 Å². The molecule has 48 heavy (non-hydrogen) atoms. The van der Waals surface area contributed by atoms with Crippen molar-refractivity contribution in [2.24, 2.45) is 0 Å². The van der Waals surface area contributed by atoms with Gasteiger partial charge in [-0.15, -0.1) is 0 Å². The summed E-state index contributed by atoms with van der Waals surface area (Å²) in [5, 5.41) is 32.6. The van der Waals surface area contributed by atoms with Crippen LogP contribution in [0.25, 0.3) is 66.1 Å². The molecule has 2 aromatic heterocycles. The Morgan fingerprint density at radius 1 is 0.438 bits per heavy atom. The van der Waals surface area contributed by atoms with Crippen LogP contribution in [0.15, 0.2) is 121 Å². The maximum absolute atomic E-state index is 14.4. The van der Waals surface area contributed by atoms with Crippen LogP contribution in [0.1, 0.15) is 22.3 Å². The summed E-state index contributed by atoms with van der Waals surface area (Å²) in [6, 6.07) is 41.1. The first-order valence-electron chi connectivity index (χ1n) is 14.9. The molecule has 0 saturated carbocycles. The van der Waals surface area contributed by atoms with Crippen molar-refractivity contribution < 1.29 is 13.2 Å². The first-order chi connectivity index (χ1) is 23.3. The highest BCUT2D eigenvalue weighted by Gasteiger charge is 2.32. The minimum absolute atomic E-state index is 0.302. The lowest BCUT2D eigenvalue weighted by atomic mass is 9.97. The lowest BCUT2D eigenvalue weighted by Gasteiger charge is -2.20. The van der Waals surface area contributed by atoms with Crippen LogP contribution in [-0.2, 0) is 6.18 Å². The number of nitriles is 3. The lowest BCUT2D eigenvalue weighted by molar-refractivity contribution is -0.137. The summed E-state index contributed by atoms with van der Waals surface area (Å²) in [6.07, 6.45) is -4.62. The molecule has 8 rings (SSSR count). The van der Waals surface area contributed by atoms with Gasteiger partial charge in [-0.05, 0) is 78.9 Å². The van der Waals surface area contributed by atoms with Crippen LogP contribution < -0.4 is 0 Å². The summed E-state index contributed by atoms with van der Waals surface area (Å²) in [5.74, 6) is 0. The lowest BCUT2D eigenvalue weighted by Crippen LogP contribution is -2.08. The quantitative estimate of drug-likeness (QED) is 0.195. The zero-order valence-electron chi connectivity index (χ0n) is 24.9. The van der Waals surface area contributed by atoms with E-state index in [0.717, 1.165) is 55.7 Å². The summed E-state index contributed by atoms with van der Waals surface area (Å²) in [4.78, 5) is 0. The molecular weight excluding hydrogens is 607 g/mol. The Hall–Kier alpha value is -6.82. The largest absolute Gasteiger partial charge is 0.416 e. The Morgan fingerprint density at radius 2 is 0.917 bits per heavy atom. The van der Waals surface area contributed by atoms with E-state index >= 15 is 0 Å². The summed E-state index contributed by atoms with van der Waals surface area (Å²) in [6.45, 7) is 0. The highest BCUT2D eigenvalue weighted by atomic mass is 19.4. The molecule has 8 aromatic rings. The van der Waals surface area contributed by atoms with E-state index in [-0.39, 0.29) is 0 Å². The number of fused-ring (bicyclic) bond motifs is 6. The average Bonchev–Trinajstić information content (AvgIpc) is 3.62. The Labute approximate surface area is 271 Å². The molecule has 0 aliphatic heterocycles. The van der Waals surface area contributed by atoms with Crippen LogP contribution in [0, 0.1) is 34.0 Å². The van der Waals surface area contributed by atoms with E-state index in [1.54, 1.807) is 42.5 Å². The zero-order valence-corrected chi connectivity index (χ0v) is 24.9. The number of benzene rings is 6. The number of rotatable bonds is 3. The van der Waals surface area contributed by atoms with E-state index in [4.69, 9.17) is 0 Å². The van der Waals surface area contributed by atoms with E-state index in [9.17, 15) is 29.0 Å². The van der Waals surface area contributed by atoms with Crippen molar-refractivity contribution in [3.8, 4) is 40.7 Å². The van der Waals surface area contributed by atoms with Crippen LogP contribution in [-0.4, -0.2) is 9.13 Å². The van der Waals surface area contributed by atoms with Gasteiger partial charge >= 0.3 is 6.18 Å². The zero-order chi connectivity index (χ0) is 33.2. The average molecular weight is 628 g/mol. The second kappa shape index (κ2) is 10.6. The minimum atomic E-state index is -4.62. The molecular formula is C40H20F3N5. The molecule has 6 aromatic carbocycles. The van der Waals surface area contributed by atoms with E-state index in [1.807, 2.05) is 69.8 Å². The minimum Gasteiger partial charge on any atom is -0.309 e. The molecule has 0 bridgehead atoms. The van der Waals surface area contributed by atoms with Gasteiger partial charge in [-0.3, -0.25) is 0 Å². The summed E-state index contributed by atoms with van der Waals surface area (Å²) >= 11 is 0. The van der Waals surface area contributed by atoms with Gasteiger partial charge in [0.1, 0.15) is 0 Å². The van der Waals surface area contributed by atoms with Gasteiger partial charge in [0.2, 0.25) is 0 Å². The van der Waals surface area contributed by atoms with E-state index < -0.39 is 11.7 Å². The van der Waals surface area contributed by atoms with Crippen molar-refractivity contribution >= 4 is 43.6 Å². The fourth-order valence-corrected chi connectivity index (χ4v) is 6.74. The third kappa shape index (κ3) is 4.31. The number of para-hydroxylation sites is 2. The van der Waals surface area contributed by atoms with Gasteiger partial charge in [-0.2, -0.15) is 29.0 Å². The molecule has 5 nitrogen and oxygen atoms in total. The maximum Gasteiger partial charge on any atom is 0.416 e. The highest BCUT2D eigenvalue weighted by molar-refractivity contribution is 6.12. The molecule has 8 heteroatoms. The van der Waals surface area contributed by atoms with Crippen molar-refractivity contribution in [1.82, 2.24) is 9.13 Å². The summed E-state index contributed by atoms with van der Waals surface area (Å²) in [5.41, 5.74) is 5.25.